The third-order valence-corrected chi connectivity index (χ3v) is 2.59. The molecular weight excluding hydrogens is 166 g/mol. The summed E-state index contributed by atoms with van der Waals surface area (Å²) in [6.45, 7) is 4.10. The molecule has 0 aromatic carbocycles. The lowest BCUT2D eigenvalue weighted by Crippen LogP contribution is -2.38. The number of aryl methyl sites for hydroxylation is 1. The summed E-state index contributed by atoms with van der Waals surface area (Å²) in [5, 5.41) is 12.3. The number of aromatic nitrogens is 2. The summed E-state index contributed by atoms with van der Waals surface area (Å²) < 4.78 is 2.15. The molecule has 2 N–H and O–H groups in total. The summed E-state index contributed by atoms with van der Waals surface area (Å²) >= 11 is 0. The minimum Gasteiger partial charge on any atom is -0.395 e. The Morgan fingerprint density at radius 2 is 2.62 bits per heavy atom. The van der Waals surface area contributed by atoms with Crippen molar-refractivity contribution >= 4 is 0 Å². The van der Waals surface area contributed by atoms with Crippen LogP contribution in [0.4, 0.5) is 0 Å². The van der Waals surface area contributed by atoms with Gasteiger partial charge in [-0.3, -0.25) is 0 Å². The molecule has 1 atom stereocenters. The van der Waals surface area contributed by atoms with Gasteiger partial charge < -0.3 is 15.0 Å². The lowest BCUT2D eigenvalue weighted by Gasteiger charge is -2.22. The van der Waals surface area contributed by atoms with Gasteiger partial charge in [0.2, 0.25) is 0 Å². The quantitative estimate of drug-likeness (QED) is 0.670. The molecule has 2 heterocycles. The minimum atomic E-state index is 0.188. The highest BCUT2D eigenvalue weighted by molar-refractivity contribution is 5.17. The average Bonchev–Trinajstić information content (AvgIpc) is 2.59. The van der Waals surface area contributed by atoms with Gasteiger partial charge in [0.25, 0.3) is 0 Å². The molecule has 0 bridgehead atoms. The molecule has 1 aliphatic rings. The van der Waals surface area contributed by atoms with Crippen LogP contribution in [0.3, 0.4) is 0 Å². The Balaban J connectivity index is 2.22. The maximum atomic E-state index is 8.98. The van der Waals surface area contributed by atoms with Gasteiger partial charge in [-0.15, -0.1) is 0 Å². The van der Waals surface area contributed by atoms with Crippen LogP contribution in [-0.2, 0) is 19.5 Å². The fourth-order valence-electron chi connectivity index (χ4n) is 1.77. The smallest absolute Gasteiger partial charge is 0.0951 e. The number of aliphatic hydroxyl groups excluding tert-OH is 1. The standard InChI is InChI=1S/C9H15N3O/c1-2-12-6-11-8-3-7(5-13)10-4-9(8)12/h6-7,10,13H,2-5H2,1H3. The number of nitrogens with zero attached hydrogens (tertiary/aromatic N) is 2. The molecule has 1 aliphatic heterocycles. The summed E-state index contributed by atoms with van der Waals surface area (Å²) in [6.07, 6.45) is 2.73. The zero-order valence-electron chi connectivity index (χ0n) is 7.82. The van der Waals surface area contributed by atoms with Crippen LogP contribution in [0.25, 0.3) is 0 Å². The summed E-state index contributed by atoms with van der Waals surface area (Å²) in [5.41, 5.74) is 2.41. The maximum Gasteiger partial charge on any atom is 0.0951 e. The van der Waals surface area contributed by atoms with Gasteiger partial charge in [0.15, 0.2) is 0 Å². The van der Waals surface area contributed by atoms with E-state index in [2.05, 4.69) is 21.8 Å². The molecule has 0 saturated carbocycles. The van der Waals surface area contributed by atoms with Crippen molar-refractivity contribution < 1.29 is 5.11 Å². The predicted molar refractivity (Wildman–Crippen MR) is 49.3 cm³/mol. The van der Waals surface area contributed by atoms with Gasteiger partial charge in [-0.2, -0.15) is 0 Å². The predicted octanol–water partition coefficient (Wildman–Crippen LogP) is -0.0904. The highest BCUT2D eigenvalue weighted by Crippen LogP contribution is 2.14. The third kappa shape index (κ3) is 1.47. The molecule has 1 unspecified atom stereocenters. The van der Waals surface area contributed by atoms with Crippen molar-refractivity contribution in [2.75, 3.05) is 6.61 Å². The molecule has 0 spiro atoms. The van der Waals surface area contributed by atoms with E-state index in [1.165, 1.54) is 5.69 Å². The number of rotatable bonds is 2. The number of fused-ring (bicyclic) bond motifs is 1. The van der Waals surface area contributed by atoms with Crippen LogP contribution in [0.15, 0.2) is 6.33 Å². The first-order valence-electron chi connectivity index (χ1n) is 4.72. The molecule has 1 aromatic heterocycles. The van der Waals surface area contributed by atoms with E-state index in [-0.39, 0.29) is 12.6 Å². The van der Waals surface area contributed by atoms with E-state index in [1.54, 1.807) is 0 Å². The number of hydrogen-bond donors (Lipinski definition) is 2. The van der Waals surface area contributed by atoms with Gasteiger partial charge >= 0.3 is 0 Å². The second-order valence-corrected chi connectivity index (χ2v) is 3.39. The summed E-state index contributed by atoms with van der Waals surface area (Å²) in [4.78, 5) is 4.34. The third-order valence-electron chi connectivity index (χ3n) is 2.59. The lowest BCUT2D eigenvalue weighted by molar-refractivity contribution is 0.233. The van der Waals surface area contributed by atoms with Crippen LogP contribution < -0.4 is 5.32 Å². The van der Waals surface area contributed by atoms with Crippen molar-refractivity contribution in [3.8, 4) is 0 Å². The number of hydrogen-bond acceptors (Lipinski definition) is 3. The van der Waals surface area contributed by atoms with Crippen molar-refractivity contribution in [3.05, 3.63) is 17.7 Å². The summed E-state index contributed by atoms with van der Waals surface area (Å²) in [7, 11) is 0. The first-order valence-corrected chi connectivity index (χ1v) is 4.72. The second kappa shape index (κ2) is 3.47. The van der Waals surface area contributed by atoms with E-state index in [9.17, 15) is 0 Å². The fraction of sp³-hybridized carbons (Fsp3) is 0.667. The van der Waals surface area contributed by atoms with Crippen LogP contribution in [0.2, 0.25) is 0 Å². The van der Waals surface area contributed by atoms with E-state index >= 15 is 0 Å². The molecule has 0 amide bonds. The monoisotopic (exact) mass is 181 g/mol. The van der Waals surface area contributed by atoms with Gasteiger partial charge in [0.1, 0.15) is 0 Å². The average molecular weight is 181 g/mol. The van der Waals surface area contributed by atoms with Gasteiger partial charge in [0.05, 0.1) is 24.3 Å². The van der Waals surface area contributed by atoms with Crippen molar-refractivity contribution in [2.24, 2.45) is 0 Å². The van der Waals surface area contributed by atoms with Gasteiger partial charge in [0, 0.05) is 25.6 Å². The molecule has 72 valence electrons. The lowest BCUT2D eigenvalue weighted by atomic mass is 10.1. The van der Waals surface area contributed by atoms with Crippen LogP contribution in [0.5, 0.6) is 0 Å². The molecule has 13 heavy (non-hydrogen) atoms. The van der Waals surface area contributed by atoms with E-state index in [0.717, 1.165) is 25.2 Å². The fourth-order valence-corrected chi connectivity index (χ4v) is 1.77. The largest absolute Gasteiger partial charge is 0.395 e. The Morgan fingerprint density at radius 3 is 3.31 bits per heavy atom. The van der Waals surface area contributed by atoms with Crippen molar-refractivity contribution in [2.45, 2.75) is 32.5 Å². The Bertz CT molecular complexity index is 295. The van der Waals surface area contributed by atoms with Gasteiger partial charge in [-0.1, -0.05) is 0 Å². The van der Waals surface area contributed by atoms with E-state index in [1.807, 2.05) is 6.33 Å². The first-order chi connectivity index (χ1) is 6.35. The van der Waals surface area contributed by atoms with E-state index < -0.39 is 0 Å². The van der Waals surface area contributed by atoms with Crippen LogP contribution in [-0.4, -0.2) is 27.3 Å². The summed E-state index contributed by atoms with van der Waals surface area (Å²) in [6, 6.07) is 0.188. The topological polar surface area (TPSA) is 50.1 Å². The van der Waals surface area contributed by atoms with E-state index in [4.69, 9.17) is 5.11 Å². The van der Waals surface area contributed by atoms with E-state index in [0.29, 0.717) is 0 Å². The molecule has 2 rings (SSSR count). The van der Waals surface area contributed by atoms with Crippen LogP contribution in [0, 0.1) is 0 Å². The van der Waals surface area contributed by atoms with Crippen molar-refractivity contribution in [3.63, 3.8) is 0 Å². The van der Waals surface area contributed by atoms with Crippen molar-refractivity contribution in [1.29, 1.82) is 0 Å². The minimum absolute atomic E-state index is 0.188. The summed E-state index contributed by atoms with van der Waals surface area (Å²) in [5.74, 6) is 0. The van der Waals surface area contributed by atoms with Gasteiger partial charge in [-0.25, -0.2) is 4.98 Å². The Labute approximate surface area is 77.6 Å². The highest BCUT2D eigenvalue weighted by atomic mass is 16.3. The molecule has 0 aliphatic carbocycles. The molecule has 0 fully saturated rings. The molecule has 4 heteroatoms. The molecule has 1 aromatic rings. The molecule has 0 saturated heterocycles. The Hall–Kier alpha value is -0.870. The molecular formula is C9H15N3O. The molecule has 0 radical (unpaired) electrons. The van der Waals surface area contributed by atoms with Crippen LogP contribution >= 0.6 is 0 Å². The zero-order chi connectivity index (χ0) is 9.26. The SMILES string of the molecule is CCn1cnc2c1CNC(CO)C2. The number of imidazole rings is 1. The number of nitrogens with one attached hydrogen (secondary N) is 1. The second-order valence-electron chi connectivity index (χ2n) is 3.39. The Kier molecular flexibility index (Phi) is 2.33. The maximum absolute atomic E-state index is 8.98. The molecule has 4 nitrogen and oxygen atoms in total. The highest BCUT2D eigenvalue weighted by Gasteiger charge is 2.20. The normalized spacial score (nSPS) is 21.5. The zero-order valence-corrected chi connectivity index (χ0v) is 7.82. The van der Waals surface area contributed by atoms with Crippen LogP contribution in [0.1, 0.15) is 18.3 Å². The first kappa shape index (κ1) is 8.72. The van der Waals surface area contributed by atoms with Gasteiger partial charge in [-0.05, 0) is 6.92 Å². The Morgan fingerprint density at radius 1 is 1.77 bits per heavy atom. The van der Waals surface area contributed by atoms with Crippen molar-refractivity contribution in [1.82, 2.24) is 14.9 Å². The number of aliphatic hydroxyl groups is 1.